The van der Waals surface area contributed by atoms with Crippen molar-refractivity contribution in [2.45, 2.75) is 32.4 Å². The second-order valence-electron chi connectivity index (χ2n) is 4.24. The van der Waals surface area contributed by atoms with Crippen LogP contribution >= 0.6 is 0 Å². The molecular formula is C13H18N4O2. The Labute approximate surface area is 112 Å². The van der Waals surface area contributed by atoms with Crippen LogP contribution in [0.25, 0.3) is 0 Å². The molecule has 0 aliphatic heterocycles. The van der Waals surface area contributed by atoms with Crippen molar-refractivity contribution in [1.82, 2.24) is 19.7 Å². The van der Waals surface area contributed by atoms with Crippen LogP contribution in [0.4, 0.5) is 0 Å². The molecule has 2 heterocycles. The summed E-state index contributed by atoms with van der Waals surface area (Å²) in [6, 6.07) is 1.75. The Kier molecular flexibility index (Phi) is 4.46. The van der Waals surface area contributed by atoms with Crippen LogP contribution in [0.2, 0.25) is 0 Å². The first-order valence-corrected chi connectivity index (χ1v) is 6.29. The molecule has 1 unspecified atom stereocenters. The molecular weight excluding hydrogens is 244 g/mol. The zero-order valence-corrected chi connectivity index (χ0v) is 11.2. The van der Waals surface area contributed by atoms with Crippen molar-refractivity contribution in [2.75, 3.05) is 7.11 Å². The van der Waals surface area contributed by atoms with Gasteiger partial charge in [0.15, 0.2) is 0 Å². The van der Waals surface area contributed by atoms with E-state index in [1.165, 1.54) is 6.33 Å². The van der Waals surface area contributed by atoms with Gasteiger partial charge in [-0.1, -0.05) is 6.92 Å². The van der Waals surface area contributed by atoms with E-state index in [2.05, 4.69) is 22.0 Å². The van der Waals surface area contributed by atoms with Gasteiger partial charge in [0.1, 0.15) is 17.9 Å². The summed E-state index contributed by atoms with van der Waals surface area (Å²) in [7, 11) is 1.56. The Hall–Kier alpha value is -1.95. The number of aliphatic hydroxyl groups excluding tert-OH is 1. The molecule has 0 aromatic carbocycles. The summed E-state index contributed by atoms with van der Waals surface area (Å²) in [6.07, 6.45) is 5.44. The number of nitrogens with zero attached hydrogens (tertiary/aromatic N) is 4. The largest absolute Gasteiger partial charge is 0.495 e. The van der Waals surface area contributed by atoms with Crippen LogP contribution in [0.3, 0.4) is 0 Å². The number of aliphatic hydroxyl groups is 1. The van der Waals surface area contributed by atoms with Gasteiger partial charge in [0.05, 0.1) is 19.4 Å². The smallest absolute Gasteiger partial charge is 0.142 e. The van der Waals surface area contributed by atoms with Gasteiger partial charge >= 0.3 is 0 Å². The lowest BCUT2D eigenvalue weighted by atomic mass is 10.1. The molecule has 0 saturated heterocycles. The second kappa shape index (κ2) is 6.29. The maximum atomic E-state index is 10.3. The molecule has 0 bridgehead atoms. The molecule has 2 aromatic heterocycles. The molecule has 0 aliphatic carbocycles. The molecule has 0 spiro atoms. The molecule has 6 heteroatoms. The fourth-order valence-electron chi connectivity index (χ4n) is 1.96. The predicted octanol–water partition coefficient (Wildman–Crippen LogP) is 1.37. The fourth-order valence-corrected chi connectivity index (χ4v) is 1.96. The van der Waals surface area contributed by atoms with E-state index in [1.54, 1.807) is 25.6 Å². The molecule has 19 heavy (non-hydrogen) atoms. The first-order valence-electron chi connectivity index (χ1n) is 6.29. The highest BCUT2D eigenvalue weighted by Crippen LogP contribution is 2.25. The van der Waals surface area contributed by atoms with Crippen LogP contribution in [0.1, 0.15) is 30.8 Å². The highest BCUT2D eigenvalue weighted by atomic mass is 16.5. The van der Waals surface area contributed by atoms with E-state index in [9.17, 15) is 5.11 Å². The van der Waals surface area contributed by atoms with Gasteiger partial charge in [-0.05, 0) is 12.5 Å². The lowest BCUT2D eigenvalue weighted by molar-refractivity contribution is 0.169. The van der Waals surface area contributed by atoms with Gasteiger partial charge in [-0.25, -0.2) is 4.98 Å². The van der Waals surface area contributed by atoms with Crippen LogP contribution in [-0.4, -0.2) is 32.0 Å². The maximum Gasteiger partial charge on any atom is 0.142 e. The SMILES string of the molecule is CCCn1ncnc1CC(O)c1ccncc1OC. The number of pyridine rings is 1. The Morgan fingerprint density at radius 3 is 3.05 bits per heavy atom. The first-order chi connectivity index (χ1) is 9.26. The Morgan fingerprint density at radius 1 is 1.47 bits per heavy atom. The molecule has 0 amide bonds. The number of hydrogen-bond acceptors (Lipinski definition) is 5. The highest BCUT2D eigenvalue weighted by Gasteiger charge is 2.16. The standard InChI is InChI=1S/C13H18N4O2/c1-3-6-17-13(15-9-16-17)7-11(18)10-4-5-14-8-12(10)19-2/h4-5,8-9,11,18H,3,6-7H2,1-2H3. The highest BCUT2D eigenvalue weighted by molar-refractivity contribution is 5.32. The summed E-state index contributed by atoms with van der Waals surface area (Å²) in [5, 5.41) is 14.5. The third-order valence-electron chi connectivity index (χ3n) is 2.90. The summed E-state index contributed by atoms with van der Waals surface area (Å²) in [5.74, 6) is 1.35. The van der Waals surface area contributed by atoms with Crippen molar-refractivity contribution in [3.8, 4) is 5.75 Å². The van der Waals surface area contributed by atoms with Crippen molar-refractivity contribution < 1.29 is 9.84 Å². The van der Waals surface area contributed by atoms with Gasteiger partial charge in [-0.3, -0.25) is 9.67 Å². The number of aromatic nitrogens is 4. The Morgan fingerprint density at radius 2 is 2.32 bits per heavy atom. The van der Waals surface area contributed by atoms with E-state index in [0.29, 0.717) is 17.7 Å². The molecule has 102 valence electrons. The molecule has 2 rings (SSSR count). The van der Waals surface area contributed by atoms with Gasteiger partial charge in [0.25, 0.3) is 0 Å². The minimum atomic E-state index is -0.683. The third-order valence-corrected chi connectivity index (χ3v) is 2.90. The van der Waals surface area contributed by atoms with Crippen LogP contribution in [0.15, 0.2) is 24.8 Å². The maximum absolute atomic E-state index is 10.3. The van der Waals surface area contributed by atoms with E-state index in [-0.39, 0.29) is 0 Å². The lowest BCUT2D eigenvalue weighted by Gasteiger charge is -2.14. The van der Waals surface area contributed by atoms with E-state index in [4.69, 9.17) is 4.74 Å². The number of hydrogen-bond donors (Lipinski definition) is 1. The Bertz CT molecular complexity index is 527. The third kappa shape index (κ3) is 3.08. The molecule has 0 fully saturated rings. The molecule has 1 N–H and O–H groups in total. The zero-order valence-electron chi connectivity index (χ0n) is 11.2. The van der Waals surface area contributed by atoms with E-state index in [1.807, 2.05) is 4.68 Å². The minimum Gasteiger partial charge on any atom is -0.495 e. The quantitative estimate of drug-likeness (QED) is 0.851. The normalized spacial score (nSPS) is 12.4. The van der Waals surface area contributed by atoms with Crippen molar-refractivity contribution >= 4 is 0 Å². The van der Waals surface area contributed by atoms with Crippen LogP contribution in [-0.2, 0) is 13.0 Å². The van der Waals surface area contributed by atoms with Gasteiger partial charge in [0.2, 0.25) is 0 Å². The molecule has 6 nitrogen and oxygen atoms in total. The lowest BCUT2D eigenvalue weighted by Crippen LogP contribution is -2.11. The minimum absolute atomic E-state index is 0.403. The molecule has 0 aliphatic rings. The van der Waals surface area contributed by atoms with Crippen molar-refractivity contribution in [2.24, 2.45) is 0 Å². The Balaban J connectivity index is 2.16. The van der Waals surface area contributed by atoms with Gasteiger partial charge in [-0.2, -0.15) is 5.10 Å². The zero-order chi connectivity index (χ0) is 13.7. The van der Waals surface area contributed by atoms with E-state index >= 15 is 0 Å². The summed E-state index contributed by atoms with van der Waals surface area (Å²) in [5.41, 5.74) is 0.712. The molecule has 1 atom stereocenters. The summed E-state index contributed by atoms with van der Waals surface area (Å²) in [6.45, 7) is 2.88. The van der Waals surface area contributed by atoms with Gasteiger partial charge in [-0.15, -0.1) is 0 Å². The summed E-state index contributed by atoms with van der Waals surface area (Å²) < 4.78 is 7.01. The van der Waals surface area contributed by atoms with E-state index in [0.717, 1.165) is 18.8 Å². The first kappa shape index (κ1) is 13.5. The van der Waals surface area contributed by atoms with Crippen molar-refractivity contribution in [3.05, 3.63) is 36.2 Å². The molecule has 0 radical (unpaired) electrons. The number of methoxy groups -OCH3 is 1. The number of rotatable bonds is 6. The van der Waals surface area contributed by atoms with Crippen molar-refractivity contribution in [3.63, 3.8) is 0 Å². The van der Waals surface area contributed by atoms with Gasteiger partial charge < -0.3 is 9.84 Å². The number of ether oxygens (including phenoxy) is 1. The van der Waals surface area contributed by atoms with Crippen molar-refractivity contribution in [1.29, 1.82) is 0 Å². The average molecular weight is 262 g/mol. The van der Waals surface area contributed by atoms with Crippen LogP contribution < -0.4 is 4.74 Å². The van der Waals surface area contributed by atoms with Crippen LogP contribution in [0.5, 0.6) is 5.75 Å². The predicted molar refractivity (Wildman–Crippen MR) is 69.8 cm³/mol. The second-order valence-corrected chi connectivity index (χ2v) is 4.24. The monoisotopic (exact) mass is 262 g/mol. The topological polar surface area (TPSA) is 73.1 Å². The number of aryl methyl sites for hydroxylation is 1. The average Bonchev–Trinajstić information content (AvgIpc) is 2.86. The van der Waals surface area contributed by atoms with Gasteiger partial charge in [0, 0.05) is 24.7 Å². The van der Waals surface area contributed by atoms with E-state index < -0.39 is 6.10 Å². The summed E-state index contributed by atoms with van der Waals surface area (Å²) in [4.78, 5) is 8.16. The molecule has 0 saturated carbocycles. The van der Waals surface area contributed by atoms with Crippen LogP contribution in [0, 0.1) is 0 Å². The molecule has 2 aromatic rings. The summed E-state index contributed by atoms with van der Waals surface area (Å²) >= 11 is 0. The fraction of sp³-hybridized carbons (Fsp3) is 0.462.